The van der Waals surface area contributed by atoms with Crippen molar-refractivity contribution in [3.63, 3.8) is 0 Å². The zero-order valence-electron chi connectivity index (χ0n) is 11.6. The van der Waals surface area contributed by atoms with Crippen LogP contribution in [0.1, 0.15) is 13.3 Å². The zero-order valence-corrected chi connectivity index (χ0v) is 12.4. The Hall–Kier alpha value is -1.31. The van der Waals surface area contributed by atoms with E-state index in [2.05, 4.69) is 0 Å². The van der Waals surface area contributed by atoms with E-state index in [4.69, 9.17) is 14.6 Å². The lowest BCUT2D eigenvalue weighted by Crippen LogP contribution is -2.37. The van der Waals surface area contributed by atoms with Crippen molar-refractivity contribution in [2.24, 2.45) is 0 Å². The molecule has 2 rings (SSSR count). The Labute approximate surface area is 119 Å². The molecule has 6 nitrogen and oxygen atoms in total. The molecule has 1 aliphatic rings. The molecule has 1 aromatic carbocycles. The fraction of sp³-hybridized carbons (Fsp3) is 0.538. The molecule has 0 aromatic heterocycles. The number of hydrogen-bond donors (Lipinski definition) is 1. The van der Waals surface area contributed by atoms with Crippen LogP contribution < -0.4 is 9.47 Å². The van der Waals surface area contributed by atoms with Crippen LogP contribution in [0.2, 0.25) is 0 Å². The van der Waals surface area contributed by atoms with E-state index in [1.807, 2.05) is 0 Å². The Morgan fingerprint density at radius 3 is 2.60 bits per heavy atom. The van der Waals surface area contributed by atoms with E-state index in [0.717, 1.165) is 10.7 Å². The molecule has 0 saturated heterocycles. The van der Waals surface area contributed by atoms with Gasteiger partial charge in [0.05, 0.1) is 24.7 Å². The van der Waals surface area contributed by atoms with Gasteiger partial charge in [-0.1, -0.05) is 0 Å². The maximum atomic E-state index is 12.4. The zero-order chi connectivity index (χ0) is 14.8. The molecule has 0 saturated carbocycles. The van der Waals surface area contributed by atoms with E-state index in [9.17, 15) is 8.42 Å². The van der Waals surface area contributed by atoms with Gasteiger partial charge in [-0.2, -0.15) is 4.31 Å². The van der Waals surface area contributed by atoms with E-state index in [-0.39, 0.29) is 11.5 Å². The lowest BCUT2D eigenvalue weighted by molar-refractivity contribution is 0.214. The molecular weight excluding hydrogens is 282 g/mol. The van der Waals surface area contributed by atoms with Crippen molar-refractivity contribution in [3.8, 4) is 11.5 Å². The van der Waals surface area contributed by atoms with Gasteiger partial charge in [0.2, 0.25) is 10.0 Å². The van der Waals surface area contributed by atoms with E-state index in [1.54, 1.807) is 13.0 Å². The molecule has 1 unspecified atom stereocenters. The van der Waals surface area contributed by atoms with E-state index < -0.39 is 16.1 Å². The predicted molar refractivity (Wildman–Crippen MR) is 73.5 cm³/mol. The van der Waals surface area contributed by atoms with E-state index in [1.165, 1.54) is 19.2 Å². The summed E-state index contributed by atoms with van der Waals surface area (Å²) in [7, 11) is -2.21. The van der Waals surface area contributed by atoms with Gasteiger partial charge in [0, 0.05) is 25.6 Å². The van der Waals surface area contributed by atoms with Crippen LogP contribution in [-0.2, 0) is 10.0 Å². The summed E-state index contributed by atoms with van der Waals surface area (Å²) in [5.41, 5.74) is 0. The summed E-state index contributed by atoms with van der Waals surface area (Å²) in [6.07, 6.45) is 0.762. The second-order valence-corrected chi connectivity index (χ2v) is 6.71. The number of fused-ring (bicyclic) bond motifs is 1. The summed E-state index contributed by atoms with van der Waals surface area (Å²) in [5, 5.41) is 9.09. The minimum Gasteiger partial charge on any atom is -0.490 e. The fourth-order valence-corrected chi connectivity index (χ4v) is 3.19. The number of aliphatic hydroxyl groups excluding tert-OH is 1. The van der Waals surface area contributed by atoms with Gasteiger partial charge in [-0.3, -0.25) is 0 Å². The smallest absolute Gasteiger partial charge is 0.243 e. The highest BCUT2D eigenvalue weighted by molar-refractivity contribution is 7.89. The molecule has 0 spiro atoms. The standard InChI is InChI=1S/C13H19NO5S/c1-10(9-15)14(2)20(16,17)11-4-5-12-13(8-11)19-7-3-6-18-12/h4-5,8,10,15H,3,6-7,9H2,1-2H3. The number of rotatable bonds is 4. The maximum Gasteiger partial charge on any atom is 0.243 e. The van der Waals surface area contributed by atoms with Crippen LogP contribution in [0.25, 0.3) is 0 Å². The molecule has 0 bridgehead atoms. The normalized spacial score (nSPS) is 16.8. The minimum atomic E-state index is -3.66. The van der Waals surface area contributed by atoms with Gasteiger partial charge >= 0.3 is 0 Å². The fourth-order valence-electron chi connectivity index (χ4n) is 1.82. The summed E-state index contributed by atoms with van der Waals surface area (Å²) in [5.74, 6) is 0.993. The van der Waals surface area contributed by atoms with Gasteiger partial charge in [-0.15, -0.1) is 0 Å². The number of nitrogens with zero attached hydrogens (tertiary/aromatic N) is 1. The first-order valence-electron chi connectivity index (χ1n) is 6.45. The van der Waals surface area contributed by atoms with Crippen LogP contribution in [-0.4, -0.2) is 50.7 Å². The molecule has 0 aliphatic carbocycles. The summed E-state index contributed by atoms with van der Waals surface area (Å²) in [6, 6.07) is 4.07. The molecular formula is C13H19NO5S. The number of likely N-dealkylation sites (N-methyl/N-ethyl adjacent to an activating group) is 1. The molecule has 0 amide bonds. The largest absolute Gasteiger partial charge is 0.490 e. The van der Waals surface area contributed by atoms with Gasteiger partial charge in [-0.25, -0.2) is 8.42 Å². The Kier molecular flexibility index (Phi) is 4.52. The van der Waals surface area contributed by atoms with Crippen LogP contribution >= 0.6 is 0 Å². The van der Waals surface area contributed by atoms with Gasteiger partial charge in [0.15, 0.2) is 11.5 Å². The molecule has 0 radical (unpaired) electrons. The lowest BCUT2D eigenvalue weighted by atomic mass is 10.3. The van der Waals surface area contributed by atoms with Gasteiger partial charge in [0.25, 0.3) is 0 Å². The first-order chi connectivity index (χ1) is 9.46. The molecule has 1 aromatic rings. The summed E-state index contributed by atoms with van der Waals surface area (Å²) in [4.78, 5) is 0.129. The van der Waals surface area contributed by atoms with Crippen molar-refractivity contribution >= 4 is 10.0 Å². The second kappa shape index (κ2) is 5.99. The first kappa shape index (κ1) is 15.1. The van der Waals surface area contributed by atoms with Crippen LogP contribution in [0.4, 0.5) is 0 Å². The number of aliphatic hydroxyl groups is 1. The second-order valence-electron chi connectivity index (χ2n) is 4.71. The highest BCUT2D eigenvalue weighted by Crippen LogP contribution is 2.32. The molecule has 0 fully saturated rings. The monoisotopic (exact) mass is 301 g/mol. The van der Waals surface area contributed by atoms with Crippen molar-refractivity contribution in [1.29, 1.82) is 0 Å². The van der Waals surface area contributed by atoms with Crippen molar-refractivity contribution in [2.75, 3.05) is 26.9 Å². The molecule has 112 valence electrons. The first-order valence-corrected chi connectivity index (χ1v) is 7.89. The van der Waals surface area contributed by atoms with Crippen molar-refractivity contribution in [3.05, 3.63) is 18.2 Å². The Bertz CT molecular complexity index is 572. The van der Waals surface area contributed by atoms with Gasteiger partial charge < -0.3 is 14.6 Å². The number of sulfonamides is 1. The van der Waals surface area contributed by atoms with Crippen LogP contribution in [0.5, 0.6) is 11.5 Å². The maximum absolute atomic E-state index is 12.4. The third-order valence-corrected chi connectivity index (χ3v) is 5.25. The SMILES string of the molecule is CC(CO)N(C)S(=O)(=O)c1ccc2c(c1)OCCCO2. The quantitative estimate of drug-likeness (QED) is 0.892. The number of benzene rings is 1. The van der Waals surface area contributed by atoms with Crippen LogP contribution in [0.15, 0.2) is 23.1 Å². The average Bonchev–Trinajstić information content (AvgIpc) is 2.69. The molecule has 1 heterocycles. The molecule has 1 aliphatic heterocycles. The van der Waals surface area contributed by atoms with Gasteiger partial charge in [-0.05, 0) is 19.1 Å². The highest BCUT2D eigenvalue weighted by atomic mass is 32.2. The average molecular weight is 301 g/mol. The molecule has 7 heteroatoms. The summed E-state index contributed by atoms with van der Waals surface area (Å²) in [6.45, 7) is 2.46. The van der Waals surface area contributed by atoms with Crippen LogP contribution in [0.3, 0.4) is 0 Å². The van der Waals surface area contributed by atoms with Crippen molar-refractivity contribution in [1.82, 2.24) is 4.31 Å². The Morgan fingerprint density at radius 1 is 1.30 bits per heavy atom. The molecule has 1 N–H and O–H groups in total. The van der Waals surface area contributed by atoms with Gasteiger partial charge in [0.1, 0.15) is 0 Å². The predicted octanol–water partition coefficient (Wildman–Crippen LogP) is 0.849. The highest BCUT2D eigenvalue weighted by Gasteiger charge is 2.26. The Morgan fingerprint density at radius 2 is 1.95 bits per heavy atom. The van der Waals surface area contributed by atoms with E-state index >= 15 is 0 Å². The summed E-state index contributed by atoms with van der Waals surface area (Å²) < 4.78 is 37.0. The number of hydrogen-bond acceptors (Lipinski definition) is 5. The third-order valence-electron chi connectivity index (χ3n) is 3.28. The van der Waals surface area contributed by atoms with Crippen molar-refractivity contribution in [2.45, 2.75) is 24.3 Å². The minimum absolute atomic E-state index is 0.129. The Balaban J connectivity index is 2.35. The number of ether oxygens (including phenoxy) is 2. The van der Waals surface area contributed by atoms with Crippen LogP contribution in [0, 0.1) is 0 Å². The summed E-state index contributed by atoms with van der Waals surface area (Å²) >= 11 is 0. The third kappa shape index (κ3) is 2.89. The van der Waals surface area contributed by atoms with Crippen molar-refractivity contribution < 1.29 is 23.0 Å². The molecule has 20 heavy (non-hydrogen) atoms. The topological polar surface area (TPSA) is 76.1 Å². The van der Waals surface area contributed by atoms with E-state index in [0.29, 0.717) is 24.7 Å². The lowest BCUT2D eigenvalue weighted by Gasteiger charge is -2.23. The molecule has 1 atom stereocenters.